The largest absolute Gasteiger partial charge is 0.467 e. The van der Waals surface area contributed by atoms with Crippen molar-refractivity contribution in [2.24, 2.45) is 0 Å². The standard InChI is InChI=1S/C27H24ClF3N4O4S/c1-3-34(20-9-5-4-6-10-20)40(37,38)23-15-19(14-13-18(23)2)32-25(36)17-39-26-16-24(27(29,30)31)33-35(26)22-12-8-7-11-21(22)28/h4-16H,3,17H2,1-2H3,(H,32,36). The monoisotopic (exact) mass is 592 g/mol. The maximum Gasteiger partial charge on any atom is 0.435 e. The number of para-hydroxylation sites is 2. The van der Waals surface area contributed by atoms with Crippen LogP contribution in [-0.4, -0.2) is 37.3 Å². The lowest BCUT2D eigenvalue weighted by Crippen LogP contribution is -2.31. The summed E-state index contributed by atoms with van der Waals surface area (Å²) in [4.78, 5) is 12.7. The molecule has 0 radical (unpaired) electrons. The van der Waals surface area contributed by atoms with Crippen LogP contribution in [0.15, 0.2) is 83.8 Å². The van der Waals surface area contributed by atoms with E-state index in [2.05, 4.69) is 10.4 Å². The Kier molecular flexibility index (Phi) is 8.40. The van der Waals surface area contributed by atoms with E-state index in [0.29, 0.717) is 17.3 Å². The number of carbonyl (C=O) groups is 1. The molecule has 13 heteroatoms. The molecule has 0 aliphatic rings. The first-order chi connectivity index (χ1) is 18.9. The molecule has 1 heterocycles. The highest BCUT2D eigenvalue weighted by molar-refractivity contribution is 7.92. The highest BCUT2D eigenvalue weighted by atomic mass is 35.5. The predicted octanol–water partition coefficient (Wildman–Crippen LogP) is 6.09. The van der Waals surface area contributed by atoms with Crippen molar-refractivity contribution < 1.29 is 31.1 Å². The van der Waals surface area contributed by atoms with Crippen molar-refractivity contribution in [1.82, 2.24) is 9.78 Å². The first-order valence-electron chi connectivity index (χ1n) is 11.9. The minimum absolute atomic E-state index is 0.0106. The van der Waals surface area contributed by atoms with Crippen LogP contribution in [0.4, 0.5) is 24.5 Å². The molecule has 1 aromatic heterocycles. The zero-order valence-electron chi connectivity index (χ0n) is 21.3. The van der Waals surface area contributed by atoms with Crippen LogP contribution in [0.1, 0.15) is 18.2 Å². The molecule has 0 unspecified atom stereocenters. The van der Waals surface area contributed by atoms with E-state index < -0.39 is 34.4 Å². The number of amides is 1. The molecule has 210 valence electrons. The van der Waals surface area contributed by atoms with Gasteiger partial charge in [-0.3, -0.25) is 9.10 Å². The minimum atomic E-state index is -4.76. The smallest absolute Gasteiger partial charge is 0.435 e. The molecular formula is C27H24ClF3N4O4S. The van der Waals surface area contributed by atoms with E-state index in [1.165, 1.54) is 28.6 Å². The maximum atomic E-state index is 13.5. The molecule has 0 aliphatic carbocycles. The van der Waals surface area contributed by atoms with Crippen LogP contribution in [-0.2, 0) is 21.0 Å². The molecule has 0 fully saturated rings. The number of nitrogens with zero attached hydrogens (tertiary/aromatic N) is 3. The number of anilines is 2. The van der Waals surface area contributed by atoms with Gasteiger partial charge in [0.15, 0.2) is 12.3 Å². The lowest BCUT2D eigenvalue weighted by Gasteiger charge is -2.24. The molecule has 0 bridgehead atoms. The van der Waals surface area contributed by atoms with Crippen molar-refractivity contribution in [3.63, 3.8) is 0 Å². The normalized spacial score (nSPS) is 11.8. The summed E-state index contributed by atoms with van der Waals surface area (Å²) in [5.41, 5.74) is 0.0162. The second-order valence-corrected chi connectivity index (χ2v) is 10.8. The second-order valence-electron chi connectivity index (χ2n) is 8.55. The van der Waals surface area contributed by atoms with E-state index in [9.17, 15) is 26.4 Å². The molecule has 1 N–H and O–H groups in total. The van der Waals surface area contributed by atoms with Crippen LogP contribution in [0.25, 0.3) is 5.69 Å². The number of alkyl halides is 3. The van der Waals surface area contributed by atoms with Crippen molar-refractivity contribution >= 4 is 38.9 Å². The Morgan fingerprint density at radius 2 is 1.73 bits per heavy atom. The fraction of sp³-hybridized carbons (Fsp3) is 0.185. The van der Waals surface area contributed by atoms with Crippen molar-refractivity contribution in [2.75, 3.05) is 22.8 Å². The number of hydrogen-bond acceptors (Lipinski definition) is 5. The number of aromatic nitrogens is 2. The van der Waals surface area contributed by atoms with Gasteiger partial charge in [-0.05, 0) is 55.8 Å². The molecule has 0 aliphatic heterocycles. The number of halogens is 4. The van der Waals surface area contributed by atoms with Gasteiger partial charge >= 0.3 is 6.18 Å². The predicted molar refractivity (Wildman–Crippen MR) is 146 cm³/mol. The van der Waals surface area contributed by atoms with Crippen LogP contribution < -0.4 is 14.4 Å². The lowest BCUT2D eigenvalue weighted by molar-refractivity contribution is -0.141. The van der Waals surface area contributed by atoms with E-state index in [1.807, 2.05) is 0 Å². The minimum Gasteiger partial charge on any atom is -0.467 e. The van der Waals surface area contributed by atoms with Gasteiger partial charge in [-0.1, -0.05) is 48.0 Å². The zero-order valence-corrected chi connectivity index (χ0v) is 22.9. The number of sulfonamides is 1. The maximum absolute atomic E-state index is 13.5. The molecule has 3 aromatic carbocycles. The highest BCUT2D eigenvalue weighted by Crippen LogP contribution is 2.34. The zero-order chi connectivity index (χ0) is 29.1. The fourth-order valence-corrected chi connectivity index (χ4v) is 5.84. The Morgan fingerprint density at radius 1 is 1.05 bits per heavy atom. The summed E-state index contributed by atoms with van der Waals surface area (Å²) in [6.07, 6.45) is -4.76. The van der Waals surface area contributed by atoms with Crippen LogP contribution in [0.2, 0.25) is 5.02 Å². The Morgan fingerprint density at radius 3 is 2.38 bits per heavy atom. The molecule has 0 saturated heterocycles. The van der Waals surface area contributed by atoms with Gasteiger partial charge in [-0.15, -0.1) is 0 Å². The van der Waals surface area contributed by atoms with Gasteiger partial charge in [0.2, 0.25) is 5.88 Å². The molecule has 1 amide bonds. The van der Waals surface area contributed by atoms with Gasteiger partial charge in [0.05, 0.1) is 21.3 Å². The number of benzene rings is 3. The third-order valence-electron chi connectivity index (χ3n) is 5.77. The van der Waals surface area contributed by atoms with Crippen LogP contribution >= 0.6 is 11.6 Å². The summed E-state index contributed by atoms with van der Waals surface area (Å²) >= 11 is 6.13. The number of rotatable bonds is 9. The van der Waals surface area contributed by atoms with Gasteiger partial charge in [-0.2, -0.15) is 23.0 Å². The number of aryl methyl sites for hydroxylation is 1. The number of hydrogen-bond donors (Lipinski definition) is 1. The molecule has 0 spiro atoms. The Bertz CT molecular complexity index is 1630. The quantitative estimate of drug-likeness (QED) is 0.254. The molecule has 0 saturated carbocycles. The van der Waals surface area contributed by atoms with Crippen LogP contribution in [0.5, 0.6) is 5.88 Å². The van der Waals surface area contributed by atoms with Crippen molar-refractivity contribution in [2.45, 2.75) is 24.9 Å². The van der Waals surface area contributed by atoms with Crippen LogP contribution in [0, 0.1) is 6.92 Å². The summed E-state index contributed by atoms with van der Waals surface area (Å²) in [5, 5.41) is 6.21. The number of carbonyl (C=O) groups excluding carboxylic acids is 1. The van der Waals surface area contributed by atoms with Gasteiger partial charge in [0.1, 0.15) is 0 Å². The third-order valence-corrected chi connectivity index (χ3v) is 8.13. The summed E-state index contributed by atoms with van der Waals surface area (Å²) in [7, 11) is -3.98. The Labute approximate surface area is 234 Å². The van der Waals surface area contributed by atoms with Gasteiger partial charge < -0.3 is 10.1 Å². The summed E-state index contributed by atoms with van der Waals surface area (Å²) < 4.78 is 74.5. The summed E-state index contributed by atoms with van der Waals surface area (Å²) in [6, 6.07) is 19.7. The van der Waals surface area contributed by atoms with Crippen LogP contribution in [0.3, 0.4) is 0 Å². The molecule has 40 heavy (non-hydrogen) atoms. The number of ether oxygens (including phenoxy) is 1. The lowest BCUT2D eigenvalue weighted by atomic mass is 10.2. The Hall–Kier alpha value is -4.03. The van der Waals surface area contributed by atoms with Gasteiger partial charge in [-0.25, -0.2) is 8.42 Å². The van der Waals surface area contributed by atoms with E-state index in [-0.39, 0.29) is 33.7 Å². The van der Waals surface area contributed by atoms with Gasteiger partial charge in [0, 0.05) is 18.3 Å². The highest BCUT2D eigenvalue weighted by Gasteiger charge is 2.36. The van der Waals surface area contributed by atoms with E-state index >= 15 is 0 Å². The van der Waals surface area contributed by atoms with Gasteiger partial charge in [0.25, 0.3) is 15.9 Å². The average molecular weight is 593 g/mol. The third kappa shape index (κ3) is 6.23. The second kappa shape index (κ2) is 11.6. The molecule has 4 aromatic rings. The van der Waals surface area contributed by atoms with Crippen molar-refractivity contribution in [3.8, 4) is 11.6 Å². The SMILES string of the molecule is CCN(c1ccccc1)S(=O)(=O)c1cc(NC(=O)COc2cc(C(F)(F)F)nn2-c2ccccc2Cl)ccc1C. The summed E-state index contributed by atoms with van der Waals surface area (Å²) in [6.45, 7) is 2.83. The van der Waals surface area contributed by atoms with E-state index in [1.54, 1.807) is 62.4 Å². The van der Waals surface area contributed by atoms with E-state index in [4.69, 9.17) is 16.3 Å². The first kappa shape index (κ1) is 29.0. The summed E-state index contributed by atoms with van der Waals surface area (Å²) in [5.74, 6) is -1.09. The first-order valence-corrected chi connectivity index (χ1v) is 13.8. The van der Waals surface area contributed by atoms with Crippen molar-refractivity contribution in [3.05, 3.63) is 95.1 Å². The topological polar surface area (TPSA) is 93.5 Å². The van der Waals surface area contributed by atoms with Crippen molar-refractivity contribution in [1.29, 1.82) is 0 Å². The molecule has 4 rings (SSSR count). The molecular weight excluding hydrogens is 569 g/mol. The van der Waals surface area contributed by atoms with E-state index in [0.717, 1.165) is 4.68 Å². The Balaban J connectivity index is 1.55. The average Bonchev–Trinajstić information content (AvgIpc) is 3.34. The fourth-order valence-electron chi connectivity index (χ4n) is 3.90. The molecule has 8 nitrogen and oxygen atoms in total. The number of nitrogens with one attached hydrogen (secondary N) is 1. The molecule has 0 atom stereocenters.